The van der Waals surface area contributed by atoms with Crippen molar-refractivity contribution in [3.05, 3.63) is 35.4 Å². The largest absolute Gasteiger partial charge is 0.511 e. The molecular formula is C18H22F5N3O3S. The summed E-state index contributed by atoms with van der Waals surface area (Å²) in [6.07, 6.45) is 0.110. The molecule has 1 aromatic rings. The van der Waals surface area contributed by atoms with Crippen LogP contribution < -0.4 is 5.73 Å². The van der Waals surface area contributed by atoms with E-state index in [4.69, 9.17) is 10.5 Å². The molecular weight excluding hydrogens is 433 g/mol. The number of nitrogens with zero attached hydrogens (tertiary/aromatic N) is 2. The summed E-state index contributed by atoms with van der Waals surface area (Å²) in [5.41, 5.74) is 0.890. The molecule has 3 aliphatic heterocycles. The van der Waals surface area contributed by atoms with Crippen LogP contribution in [0, 0.1) is 17.6 Å². The van der Waals surface area contributed by atoms with Gasteiger partial charge in [-0.2, -0.15) is 17.5 Å². The number of sulfonamides is 1. The molecule has 30 heavy (non-hydrogen) atoms. The Bertz CT molecular complexity index is 913. The second kappa shape index (κ2) is 7.66. The van der Waals surface area contributed by atoms with Crippen molar-refractivity contribution in [1.82, 2.24) is 9.21 Å². The van der Waals surface area contributed by atoms with Gasteiger partial charge in [0.05, 0.1) is 6.61 Å². The first-order valence-electron chi connectivity index (χ1n) is 9.63. The maximum Gasteiger partial charge on any atom is 0.511 e. The number of rotatable bonds is 3. The Hall–Kier alpha value is -1.34. The lowest BCUT2D eigenvalue weighted by Crippen LogP contribution is -2.52. The highest BCUT2D eigenvalue weighted by Crippen LogP contribution is 2.40. The van der Waals surface area contributed by atoms with Crippen molar-refractivity contribution < 1.29 is 35.1 Å². The monoisotopic (exact) mass is 455 g/mol. The summed E-state index contributed by atoms with van der Waals surface area (Å²) >= 11 is 0. The van der Waals surface area contributed by atoms with Crippen LogP contribution in [0.2, 0.25) is 0 Å². The Labute approximate surface area is 170 Å². The fraction of sp³-hybridized carbons (Fsp3) is 0.667. The molecule has 2 unspecified atom stereocenters. The van der Waals surface area contributed by atoms with Gasteiger partial charge in [-0.1, -0.05) is 0 Å². The number of likely N-dealkylation sites (tertiary alicyclic amines) is 1. The van der Waals surface area contributed by atoms with Gasteiger partial charge in [-0.3, -0.25) is 4.90 Å². The summed E-state index contributed by atoms with van der Waals surface area (Å²) in [6.45, 7) is 0.332. The molecule has 3 saturated heterocycles. The second-order valence-corrected chi connectivity index (χ2v) is 10.0. The SMILES string of the molecule is N[C@H]1C[C@@H](N2CCC3CN(S(=O)(=O)C(F)(F)F)CC32)CO[C@@H]1c1cc(F)ccc1F. The highest BCUT2D eigenvalue weighted by Gasteiger charge is 2.56. The lowest BCUT2D eigenvalue weighted by Gasteiger charge is -2.41. The molecule has 168 valence electrons. The number of benzene rings is 1. The molecule has 0 radical (unpaired) electrons. The van der Waals surface area contributed by atoms with Gasteiger partial charge in [0.2, 0.25) is 0 Å². The van der Waals surface area contributed by atoms with Crippen LogP contribution in [0.4, 0.5) is 22.0 Å². The second-order valence-electron chi connectivity index (χ2n) is 8.09. The van der Waals surface area contributed by atoms with Crippen LogP contribution in [0.5, 0.6) is 0 Å². The molecule has 3 fully saturated rings. The van der Waals surface area contributed by atoms with Crippen molar-refractivity contribution >= 4 is 10.0 Å². The highest BCUT2D eigenvalue weighted by molar-refractivity contribution is 7.90. The molecule has 5 atom stereocenters. The number of halogens is 5. The van der Waals surface area contributed by atoms with Gasteiger partial charge in [-0.05, 0) is 43.5 Å². The van der Waals surface area contributed by atoms with E-state index in [-0.39, 0.29) is 43.3 Å². The third kappa shape index (κ3) is 3.72. The number of fused-ring (bicyclic) bond motifs is 1. The van der Waals surface area contributed by atoms with Gasteiger partial charge in [-0.25, -0.2) is 17.2 Å². The van der Waals surface area contributed by atoms with Crippen molar-refractivity contribution in [2.75, 3.05) is 26.2 Å². The minimum Gasteiger partial charge on any atom is -0.370 e. The van der Waals surface area contributed by atoms with E-state index < -0.39 is 39.3 Å². The molecule has 3 heterocycles. The Morgan fingerprint density at radius 3 is 2.57 bits per heavy atom. The average molecular weight is 455 g/mol. The number of hydrogen-bond donors (Lipinski definition) is 1. The Kier molecular flexibility index (Phi) is 5.59. The molecule has 0 amide bonds. The van der Waals surface area contributed by atoms with Gasteiger partial charge in [0.1, 0.15) is 17.7 Å². The van der Waals surface area contributed by atoms with Crippen LogP contribution in [0.25, 0.3) is 0 Å². The van der Waals surface area contributed by atoms with E-state index in [0.29, 0.717) is 23.7 Å². The van der Waals surface area contributed by atoms with Gasteiger partial charge < -0.3 is 10.5 Å². The van der Waals surface area contributed by atoms with Crippen molar-refractivity contribution in [2.24, 2.45) is 11.7 Å². The molecule has 0 spiro atoms. The maximum atomic E-state index is 14.1. The predicted molar refractivity (Wildman–Crippen MR) is 96.6 cm³/mol. The third-order valence-corrected chi connectivity index (χ3v) is 7.89. The summed E-state index contributed by atoms with van der Waals surface area (Å²) in [6, 6.07) is 1.81. The lowest BCUT2D eigenvalue weighted by molar-refractivity contribution is -0.0559. The van der Waals surface area contributed by atoms with E-state index in [1.165, 1.54) is 0 Å². The van der Waals surface area contributed by atoms with Crippen molar-refractivity contribution in [1.29, 1.82) is 0 Å². The van der Waals surface area contributed by atoms with Crippen LogP contribution in [0.1, 0.15) is 24.5 Å². The van der Waals surface area contributed by atoms with Crippen LogP contribution in [0.15, 0.2) is 18.2 Å². The predicted octanol–water partition coefficient (Wildman–Crippen LogP) is 1.98. The smallest absolute Gasteiger partial charge is 0.370 e. The zero-order chi connectivity index (χ0) is 21.8. The first kappa shape index (κ1) is 21.9. The summed E-state index contributed by atoms with van der Waals surface area (Å²) in [7, 11) is -5.36. The standard InChI is InChI=1S/C18H22F5N3O3S/c19-11-1-2-14(20)13(5-11)17-15(24)6-12(9-29-17)26-4-3-10-7-25(8-16(10)26)30(27,28)18(21,22)23/h1-2,5,10,12,15-17H,3-4,6-9,24H2/t10?,12-,15+,16?,17-/m1/s1. The summed E-state index contributed by atoms with van der Waals surface area (Å²) in [4.78, 5) is 1.95. The van der Waals surface area contributed by atoms with E-state index in [1.807, 2.05) is 4.90 Å². The molecule has 3 aliphatic rings. The Morgan fingerprint density at radius 2 is 1.90 bits per heavy atom. The molecule has 4 rings (SSSR count). The third-order valence-electron chi connectivity index (χ3n) is 6.32. The summed E-state index contributed by atoms with van der Waals surface area (Å²) in [5.74, 6) is -1.43. The van der Waals surface area contributed by atoms with E-state index >= 15 is 0 Å². The average Bonchev–Trinajstić information content (AvgIpc) is 3.24. The molecule has 2 N–H and O–H groups in total. The maximum absolute atomic E-state index is 14.1. The quantitative estimate of drug-likeness (QED) is 0.706. The van der Waals surface area contributed by atoms with E-state index in [0.717, 1.165) is 18.2 Å². The van der Waals surface area contributed by atoms with E-state index in [9.17, 15) is 30.4 Å². The van der Waals surface area contributed by atoms with E-state index in [1.54, 1.807) is 0 Å². The van der Waals surface area contributed by atoms with E-state index in [2.05, 4.69) is 0 Å². The molecule has 6 nitrogen and oxygen atoms in total. The van der Waals surface area contributed by atoms with Crippen molar-refractivity contribution in [2.45, 2.75) is 42.6 Å². The number of hydrogen-bond acceptors (Lipinski definition) is 5. The fourth-order valence-corrected chi connectivity index (χ4v) is 5.91. The van der Waals surface area contributed by atoms with Gasteiger partial charge in [0.25, 0.3) is 0 Å². The van der Waals surface area contributed by atoms with Crippen LogP contribution >= 0.6 is 0 Å². The normalized spacial score (nSPS) is 33.7. The molecule has 1 aromatic carbocycles. The number of alkyl halides is 3. The molecule has 0 aliphatic carbocycles. The minimum absolute atomic E-state index is 0.0311. The zero-order valence-corrected chi connectivity index (χ0v) is 16.7. The van der Waals surface area contributed by atoms with Crippen LogP contribution in [0.3, 0.4) is 0 Å². The van der Waals surface area contributed by atoms with Crippen LogP contribution in [-0.2, 0) is 14.8 Å². The number of ether oxygens (including phenoxy) is 1. The first-order chi connectivity index (χ1) is 14.0. The first-order valence-corrected chi connectivity index (χ1v) is 11.1. The van der Waals surface area contributed by atoms with Crippen molar-refractivity contribution in [3.63, 3.8) is 0 Å². The molecule has 0 aromatic heterocycles. The van der Waals surface area contributed by atoms with Crippen molar-refractivity contribution in [3.8, 4) is 0 Å². The van der Waals surface area contributed by atoms with Gasteiger partial charge in [-0.15, -0.1) is 0 Å². The Balaban J connectivity index is 1.45. The zero-order valence-electron chi connectivity index (χ0n) is 15.9. The minimum atomic E-state index is -5.36. The molecule has 0 bridgehead atoms. The topological polar surface area (TPSA) is 75.9 Å². The van der Waals surface area contributed by atoms with Crippen LogP contribution in [-0.4, -0.2) is 67.5 Å². The van der Waals surface area contributed by atoms with Gasteiger partial charge in [0.15, 0.2) is 0 Å². The number of nitrogens with two attached hydrogens (primary N) is 1. The van der Waals surface area contributed by atoms with Gasteiger partial charge in [0, 0.05) is 36.8 Å². The fourth-order valence-electron chi connectivity index (χ4n) is 4.88. The Morgan fingerprint density at radius 1 is 1.17 bits per heavy atom. The lowest BCUT2D eigenvalue weighted by atomic mass is 9.92. The molecule has 12 heteroatoms. The highest BCUT2D eigenvalue weighted by atomic mass is 32.2. The summed E-state index contributed by atoms with van der Waals surface area (Å²) < 4.78 is 96.0. The molecule has 0 saturated carbocycles. The summed E-state index contributed by atoms with van der Waals surface area (Å²) in [5, 5.41) is 0. The van der Waals surface area contributed by atoms with Gasteiger partial charge >= 0.3 is 15.5 Å².